The normalized spacial score (nSPS) is 22.5. The number of ether oxygens (including phenoxy) is 1. The van der Waals surface area contributed by atoms with Gasteiger partial charge in [-0.1, -0.05) is 0 Å². The second kappa shape index (κ2) is 6.41. The van der Waals surface area contributed by atoms with Gasteiger partial charge in [-0.25, -0.2) is 9.97 Å². The predicted octanol–water partition coefficient (Wildman–Crippen LogP) is 1.77. The van der Waals surface area contributed by atoms with Crippen LogP contribution in [0.3, 0.4) is 0 Å². The predicted molar refractivity (Wildman–Crippen MR) is 89.8 cm³/mol. The Labute approximate surface area is 139 Å². The smallest absolute Gasteiger partial charge is 0.227 e. The molecule has 2 saturated heterocycles. The molecular weight excluding hydrogens is 312 g/mol. The molecule has 2 aliphatic rings. The minimum Gasteiger partial charge on any atom is -0.378 e. The van der Waals surface area contributed by atoms with Crippen LogP contribution < -0.4 is 4.90 Å². The highest BCUT2D eigenvalue weighted by Crippen LogP contribution is 2.31. The standard InChI is InChI=1S/C16H20N4O2S/c21-16(19-5-7-22-8-6-19)12-2-1-4-20(10-12)15-14-13(3-9-23-14)17-11-18-15/h3,9,11-12H,1-2,4-8,10H2/t12-/m1/s1. The molecule has 0 unspecified atom stereocenters. The third-order valence-electron chi connectivity index (χ3n) is 4.62. The molecule has 2 aromatic heterocycles. The van der Waals surface area contributed by atoms with Gasteiger partial charge in [0.15, 0.2) is 0 Å². The zero-order chi connectivity index (χ0) is 15.6. The monoisotopic (exact) mass is 332 g/mol. The van der Waals surface area contributed by atoms with Gasteiger partial charge >= 0.3 is 0 Å². The second-order valence-corrected chi connectivity index (χ2v) is 6.97. The van der Waals surface area contributed by atoms with E-state index in [2.05, 4.69) is 14.9 Å². The maximum absolute atomic E-state index is 12.8. The van der Waals surface area contributed by atoms with Crippen molar-refractivity contribution in [1.82, 2.24) is 14.9 Å². The molecule has 4 rings (SSSR count). The quantitative estimate of drug-likeness (QED) is 0.839. The summed E-state index contributed by atoms with van der Waals surface area (Å²) >= 11 is 1.67. The van der Waals surface area contributed by atoms with E-state index >= 15 is 0 Å². The van der Waals surface area contributed by atoms with E-state index in [-0.39, 0.29) is 11.8 Å². The lowest BCUT2D eigenvalue weighted by atomic mass is 9.96. The van der Waals surface area contributed by atoms with E-state index in [1.165, 1.54) is 0 Å². The van der Waals surface area contributed by atoms with Crippen molar-refractivity contribution >= 4 is 33.3 Å². The molecule has 0 spiro atoms. The van der Waals surface area contributed by atoms with Crippen LogP contribution >= 0.6 is 11.3 Å². The van der Waals surface area contributed by atoms with E-state index in [1.54, 1.807) is 17.7 Å². The van der Waals surface area contributed by atoms with E-state index in [9.17, 15) is 4.79 Å². The van der Waals surface area contributed by atoms with Crippen LogP contribution in [-0.4, -0.2) is 60.2 Å². The molecule has 0 aliphatic carbocycles. The largest absolute Gasteiger partial charge is 0.378 e. The highest BCUT2D eigenvalue weighted by molar-refractivity contribution is 7.17. The van der Waals surface area contributed by atoms with Crippen molar-refractivity contribution in [3.63, 3.8) is 0 Å². The van der Waals surface area contributed by atoms with Gasteiger partial charge in [0.1, 0.15) is 12.1 Å². The first-order valence-electron chi connectivity index (χ1n) is 8.12. The SMILES string of the molecule is O=C([C@@H]1CCCN(c2ncnc3ccsc23)C1)N1CCOCC1. The Bertz CT molecular complexity index is 698. The first kappa shape index (κ1) is 14.8. The van der Waals surface area contributed by atoms with Gasteiger partial charge in [0, 0.05) is 26.2 Å². The van der Waals surface area contributed by atoms with Gasteiger partial charge in [0.05, 0.1) is 29.3 Å². The summed E-state index contributed by atoms with van der Waals surface area (Å²) < 4.78 is 6.46. The summed E-state index contributed by atoms with van der Waals surface area (Å²) in [6.45, 7) is 4.46. The minimum atomic E-state index is 0.0619. The Balaban J connectivity index is 1.52. The fourth-order valence-electron chi connectivity index (χ4n) is 3.41. The van der Waals surface area contributed by atoms with Crippen molar-refractivity contribution in [3.8, 4) is 0 Å². The number of anilines is 1. The summed E-state index contributed by atoms with van der Waals surface area (Å²) in [5.41, 5.74) is 0.988. The van der Waals surface area contributed by atoms with E-state index in [4.69, 9.17) is 4.74 Å². The maximum Gasteiger partial charge on any atom is 0.227 e. The number of morpholine rings is 1. The maximum atomic E-state index is 12.8. The molecule has 0 N–H and O–H groups in total. The summed E-state index contributed by atoms with van der Waals surface area (Å²) in [7, 11) is 0. The summed E-state index contributed by atoms with van der Waals surface area (Å²) in [6, 6.07) is 2.02. The van der Waals surface area contributed by atoms with E-state index in [1.807, 2.05) is 16.3 Å². The van der Waals surface area contributed by atoms with Crippen molar-refractivity contribution in [2.75, 3.05) is 44.3 Å². The third-order valence-corrected chi connectivity index (χ3v) is 5.52. The number of amides is 1. The molecule has 2 aliphatic heterocycles. The number of carbonyl (C=O) groups excluding carboxylic acids is 1. The third kappa shape index (κ3) is 2.90. The zero-order valence-corrected chi connectivity index (χ0v) is 13.8. The van der Waals surface area contributed by atoms with Crippen LogP contribution in [0.4, 0.5) is 5.82 Å². The number of hydrogen-bond donors (Lipinski definition) is 0. The van der Waals surface area contributed by atoms with Gasteiger partial charge in [-0.15, -0.1) is 11.3 Å². The van der Waals surface area contributed by atoms with Gasteiger partial charge in [-0.2, -0.15) is 0 Å². The average Bonchev–Trinajstić information content (AvgIpc) is 3.10. The number of carbonyl (C=O) groups is 1. The molecule has 0 radical (unpaired) electrons. The summed E-state index contributed by atoms with van der Waals surface area (Å²) in [5.74, 6) is 1.31. The topological polar surface area (TPSA) is 58.6 Å². The molecule has 122 valence electrons. The molecule has 1 atom stereocenters. The first-order valence-corrected chi connectivity index (χ1v) is 9.00. The highest BCUT2D eigenvalue weighted by atomic mass is 32.1. The van der Waals surface area contributed by atoms with Gasteiger partial charge in [-0.3, -0.25) is 4.79 Å². The van der Waals surface area contributed by atoms with Gasteiger partial charge in [0.2, 0.25) is 5.91 Å². The molecule has 2 fully saturated rings. The lowest BCUT2D eigenvalue weighted by Gasteiger charge is -2.36. The Morgan fingerprint density at radius 1 is 1.26 bits per heavy atom. The number of hydrogen-bond acceptors (Lipinski definition) is 6. The zero-order valence-electron chi connectivity index (χ0n) is 13.0. The van der Waals surface area contributed by atoms with Crippen LogP contribution in [0.2, 0.25) is 0 Å². The number of piperidine rings is 1. The Kier molecular flexibility index (Phi) is 4.13. The lowest BCUT2D eigenvalue weighted by Crippen LogP contribution is -2.48. The van der Waals surface area contributed by atoms with E-state index < -0.39 is 0 Å². The van der Waals surface area contributed by atoms with Crippen LogP contribution in [0.1, 0.15) is 12.8 Å². The van der Waals surface area contributed by atoms with Crippen molar-refractivity contribution in [2.24, 2.45) is 5.92 Å². The highest BCUT2D eigenvalue weighted by Gasteiger charge is 2.31. The van der Waals surface area contributed by atoms with Gasteiger partial charge in [-0.05, 0) is 24.3 Å². The van der Waals surface area contributed by atoms with Crippen LogP contribution in [0.15, 0.2) is 17.8 Å². The van der Waals surface area contributed by atoms with Crippen molar-refractivity contribution in [2.45, 2.75) is 12.8 Å². The first-order chi connectivity index (χ1) is 11.3. The molecule has 1 amide bonds. The van der Waals surface area contributed by atoms with Crippen molar-refractivity contribution < 1.29 is 9.53 Å². The van der Waals surface area contributed by atoms with Crippen molar-refractivity contribution in [1.29, 1.82) is 0 Å². The fourth-order valence-corrected chi connectivity index (χ4v) is 4.28. The fraction of sp³-hybridized carbons (Fsp3) is 0.562. The molecule has 0 bridgehead atoms. The lowest BCUT2D eigenvalue weighted by molar-refractivity contribution is -0.139. The van der Waals surface area contributed by atoms with E-state index in [0.717, 1.165) is 55.1 Å². The summed E-state index contributed by atoms with van der Waals surface area (Å²) in [6.07, 6.45) is 3.61. The number of nitrogens with zero attached hydrogens (tertiary/aromatic N) is 4. The summed E-state index contributed by atoms with van der Waals surface area (Å²) in [4.78, 5) is 25.8. The van der Waals surface area contributed by atoms with Crippen LogP contribution in [-0.2, 0) is 9.53 Å². The minimum absolute atomic E-state index is 0.0619. The van der Waals surface area contributed by atoms with Gasteiger partial charge < -0.3 is 14.5 Å². The van der Waals surface area contributed by atoms with E-state index in [0.29, 0.717) is 13.2 Å². The molecule has 23 heavy (non-hydrogen) atoms. The van der Waals surface area contributed by atoms with Crippen molar-refractivity contribution in [3.05, 3.63) is 17.8 Å². The van der Waals surface area contributed by atoms with Crippen LogP contribution in [0.25, 0.3) is 10.2 Å². The van der Waals surface area contributed by atoms with Crippen LogP contribution in [0, 0.1) is 5.92 Å². The summed E-state index contributed by atoms with van der Waals surface area (Å²) in [5, 5.41) is 2.04. The number of rotatable bonds is 2. The Hall–Kier alpha value is -1.73. The molecule has 2 aromatic rings. The molecule has 0 aromatic carbocycles. The Morgan fingerprint density at radius 2 is 2.13 bits per heavy atom. The van der Waals surface area contributed by atoms with Gasteiger partial charge in [0.25, 0.3) is 0 Å². The second-order valence-electron chi connectivity index (χ2n) is 6.06. The van der Waals surface area contributed by atoms with Crippen LogP contribution in [0.5, 0.6) is 0 Å². The molecule has 6 nitrogen and oxygen atoms in total. The molecule has 4 heterocycles. The number of fused-ring (bicyclic) bond motifs is 1. The number of thiophene rings is 1. The molecule has 7 heteroatoms. The molecule has 0 saturated carbocycles. The number of aromatic nitrogens is 2. The average molecular weight is 332 g/mol. The Morgan fingerprint density at radius 3 is 3.00 bits per heavy atom. The molecular formula is C16H20N4O2S.